The van der Waals surface area contributed by atoms with E-state index in [0.29, 0.717) is 0 Å². The van der Waals surface area contributed by atoms with E-state index in [9.17, 15) is 0 Å². The standard InChI is InChI=1S/C21H26N6/c1-3-9-22-16-7-5-15(6-8-16)12-23-21-17-10-19-20(27(4-2)14-26-19)11-18(17)24-13-25-21/h5-8,10-11,13,22,26H,3-4,9,12,14H2,1-2H3,(H,23,24,25). The number of hydrogen-bond acceptors (Lipinski definition) is 6. The van der Waals surface area contributed by atoms with Gasteiger partial charge in [-0.2, -0.15) is 0 Å². The van der Waals surface area contributed by atoms with Crippen molar-refractivity contribution in [3.8, 4) is 0 Å². The summed E-state index contributed by atoms with van der Waals surface area (Å²) in [6.07, 6.45) is 2.76. The topological polar surface area (TPSA) is 65.1 Å². The van der Waals surface area contributed by atoms with Crippen LogP contribution >= 0.6 is 0 Å². The fourth-order valence-electron chi connectivity index (χ4n) is 3.38. The SMILES string of the molecule is CCCNc1ccc(CNc2ncnc3cc4c(cc23)NCN4CC)cc1. The van der Waals surface area contributed by atoms with Crippen LogP contribution in [-0.4, -0.2) is 29.7 Å². The number of fused-ring (bicyclic) bond motifs is 2. The van der Waals surface area contributed by atoms with Gasteiger partial charge in [-0.25, -0.2) is 9.97 Å². The van der Waals surface area contributed by atoms with E-state index in [1.54, 1.807) is 6.33 Å². The van der Waals surface area contributed by atoms with Crippen molar-refractivity contribution in [3.63, 3.8) is 0 Å². The van der Waals surface area contributed by atoms with Gasteiger partial charge in [0.2, 0.25) is 0 Å². The second kappa shape index (κ2) is 7.70. The maximum absolute atomic E-state index is 4.47. The quantitative estimate of drug-likeness (QED) is 0.583. The van der Waals surface area contributed by atoms with Crippen LogP contribution in [0.3, 0.4) is 0 Å². The lowest BCUT2D eigenvalue weighted by molar-refractivity contribution is 0.911. The van der Waals surface area contributed by atoms with Gasteiger partial charge in [-0.1, -0.05) is 19.1 Å². The number of nitrogens with one attached hydrogen (secondary N) is 3. The minimum atomic E-state index is 0.728. The lowest BCUT2D eigenvalue weighted by Gasteiger charge is -2.15. The number of nitrogens with zero attached hydrogens (tertiary/aromatic N) is 3. The highest BCUT2D eigenvalue weighted by Crippen LogP contribution is 2.36. The van der Waals surface area contributed by atoms with Crippen molar-refractivity contribution in [2.75, 3.05) is 40.6 Å². The van der Waals surface area contributed by atoms with Gasteiger partial charge in [-0.05, 0) is 43.2 Å². The maximum atomic E-state index is 4.47. The van der Waals surface area contributed by atoms with Crippen molar-refractivity contribution >= 4 is 33.8 Å². The van der Waals surface area contributed by atoms with E-state index >= 15 is 0 Å². The van der Waals surface area contributed by atoms with E-state index in [-0.39, 0.29) is 0 Å². The summed E-state index contributed by atoms with van der Waals surface area (Å²) in [4.78, 5) is 11.2. The van der Waals surface area contributed by atoms with Gasteiger partial charge in [0.1, 0.15) is 12.1 Å². The normalized spacial score (nSPS) is 12.7. The van der Waals surface area contributed by atoms with Crippen molar-refractivity contribution in [1.82, 2.24) is 9.97 Å². The average Bonchev–Trinajstić information content (AvgIpc) is 3.11. The Kier molecular flexibility index (Phi) is 4.96. The van der Waals surface area contributed by atoms with Gasteiger partial charge in [0, 0.05) is 30.7 Å². The third-order valence-corrected chi connectivity index (χ3v) is 4.93. The summed E-state index contributed by atoms with van der Waals surface area (Å²) in [6.45, 7) is 7.88. The molecular weight excluding hydrogens is 336 g/mol. The molecule has 0 atom stereocenters. The van der Waals surface area contributed by atoms with Crippen LogP contribution in [0.5, 0.6) is 0 Å². The zero-order valence-electron chi connectivity index (χ0n) is 15.9. The number of anilines is 4. The fraction of sp³-hybridized carbons (Fsp3) is 0.333. The minimum absolute atomic E-state index is 0.728. The zero-order chi connectivity index (χ0) is 18.6. The van der Waals surface area contributed by atoms with Crippen LogP contribution in [0.2, 0.25) is 0 Å². The molecule has 0 amide bonds. The Morgan fingerprint density at radius 1 is 1.07 bits per heavy atom. The van der Waals surface area contributed by atoms with Gasteiger partial charge in [0.05, 0.1) is 23.6 Å². The molecule has 27 heavy (non-hydrogen) atoms. The third-order valence-electron chi connectivity index (χ3n) is 4.93. The van der Waals surface area contributed by atoms with E-state index in [4.69, 9.17) is 0 Å². The zero-order valence-corrected chi connectivity index (χ0v) is 15.9. The summed E-state index contributed by atoms with van der Waals surface area (Å²) < 4.78 is 0. The van der Waals surface area contributed by atoms with Crippen LogP contribution < -0.4 is 20.9 Å². The number of hydrogen-bond donors (Lipinski definition) is 3. The smallest absolute Gasteiger partial charge is 0.137 e. The molecule has 6 heteroatoms. The van der Waals surface area contributed by atoms with Crippen LogP contribution in [0.1, 0.15) is 25.8 Å². The van der Waals surface area contributed by atoms with Crippen molar-refractivity contribution in [1.29, 1.82) is 0 Å². The molecule has 0 unspecified atom stereocenters. The number of aromatic nitrogens is 2. The van der Waals surface area contributed by atoms with E-state index in [0.717, 1.165) is 60.8 Å². The summed E-state index contributed by atoms with van der Waals surface area (Å²) >= 11 is 0. The molecule has 0 radical (unpaired) electrons. The summed E-state index contributed by atoms with van der Waals surface area (Å²) in [5.74, 6) is 0.868. The number of benzene rings is 2. The maximum Gasteiger partial charge on any atom is 0.137 e. The summed E-state index contributed by atoms with van der Waals surface area (Å²) in [7, 11) is 0. The molecule has 6 nitrogen and oxygen atoms in total. The van der Waals surface area contributed by atoms with Crippen LogP contribution in [0.15, 0.2) is 42.7 Å². The van der Waals surface area contributed by atoms with Gasteiger partial charge in [0.25, 0.3) is 0 Å². The lowest BCUT2D eigenvalue weighted by Crippen LogP contribution is -2.21. The van der Waals surface area contributed by atoms with Gasteiger partial charge in [-0.15, -0.1) is 0 Å². The van der Waals surface area contributed by atoms with Crippen LogP contribution in [-0.2, 0) is 6.54 Å². The second-order valence-electron chi connectivity index (χ2n) is 6.78. The Balaban J connectivity index is 1.52. The summed E-state index contributed by atoms with van der Waals surface area (Å²) in [5, 5.41) is 11.4. The molecule has 140 valence electrons. The highest BCUT2D eigenvalue weighted by molar-refractivity contribution is 5.97. The molecule has 1 aromatic heterocycles. The van der Waals surface area contributed by atoms with Crippen LogP contribution in [0.4, 0.5) is 22.9 Å². The molecule has 3 aromatic rings. The molecule has 0 fully saturated rings. The first-order chi connectivity index (χ1) is 13.3. The first-order valence-corrected chi connectivity index (χ1v) is 9.62. The summed E-state index contributed by atoms with van der Waals surface area (Å²) in [6, 6.07) is 12.8. The first-order valence-electron chi connectivity index (χ1n) is 9.62. The van der Waals surface area contributed by atoms with Gasteiger partial charge in [0.15, 0.2) is 0 Å². The molecule has 0 saturated carbocycles. The molecule has 0 aliphatic carbocycles. The Morgan fingerprint density at radius 2 is 1.93 bits per heavy atom. The van der Waals surface area contributed by atoms with Crippen molar-refractivity contribution in [2.45, 2.75) is 26.8 Å². The highest BCUT2D eigenvalue weighted by atomic mass is 15.3. The highest BCUT2D eigenvalue weighted by Gasteiger charge is 2.19. The Labute approximate surface area is 160 Å². The average molecular weight is 362 g/mol. The van der Waals surface area contributed by atoms with Crippen LogP contribution in [0, 0.1) is 0 Å². The Bertz CT molecular complexity index is 922. The monoisotopic (exact) mass is 362 g/mol. The largest absolute Gasteiger partial charge is 0.385 e. The third kappa shape index (κ3) is 3.60. The predicted molar refractivity (Wildman–Crippen MR) is 114 cm³/mol. The fourth-order valence-corrected chi connectivity index (χ4v) is 3.38. The predicted octanol–water partition coefficient (Wildman–Crippen LogP) is 4.27. The molecule has 1 aliphatic heterocycles. The number of rotatable bonds is 7. The molecule has 0 saturated heterocycles. The minimum Gasteiger partial charge on any atom is -0.385 e. The molecule has 1 aliphatic rings. The first kappa shape index (κ1) is 17.4. The van der Waals surface area contributed by atoms with Gasteiger partial charge in [-0.3, -0.25) is 0 Å². The molecule has 2 heterocycles. The van der Waals surface area contributed by atoms with E-state index < -0.39 is 0 Å². The molecule has 4 rings (SSSR count). The molecule has 3 N–H and O–H groups in total. The van der Waals surface area contributed by atoms with E-state index in [1.807, 2.05) is 0 Å². The molecular formula is C21H26N6. The Hall–Kier alpha value is -3.02. The Morgan fingerprint density at radius 3 is 2.70 bits per heavy atom. The van der Waals surface area contributed by atoms with Crippen molar-refractivity contribution in [3.05, 3.63) is 48.3 Å². The van der Waals surface area contributed by atoms with Crippen molar-refractivity contribution in [2.24, 2.45) is 0 Å². The van der Waals surface area contributed by atoms with E-state index in [1.165, 1.54) is 11.3 Å². The molecule has 0 bridgehead atoms. The second-order valence-corrected chi connectivity index (χ2v) is 6.78. The van der Waals surface area contributed by atoms with Gasteiger partial charge >= 0.3 is 0 Å². The van der Waals surface area contributed by atoms with E-state index in [2.05, 4.69) is 81.1 Å². The van der Waals surface area contributed by atoms with Crippen molar-refractivity contribution < 1.29 is 0 Å². The molecule has 0 spiro atoms. The van der Waals surface area contributed by atoms with Crippen LogP contribution in [0.25, 0.3) is 10.9 Å². The lowest BCUT2D eigenvalue weighted by atomic mass is 10.1. The van der Waals surface area contributed by atoms with Gasteiger partial charge < -0.3 is 20.9 Å². The molecule has 2 aromatic carbocycles. The summed E-state index contributed by atoms with van der Waals surface area (Å²) in [5.41, 5.74) is 5.71.